The van der Waals surface area contributed by atoms with Crippen LogP contribution in [0, 0.1) is 0 Å². The van der Waals surface area contributed by atoms with Gasteiger partial charge in [0, 0.05) is 7.05 Å². The minimum atomic E-state index is 0.259. The maximum Gasteiger partial charge on any atom is 0.212 e. The molecule has 0 aromatic heterocycles. The Morgan fingerprint density at radius 3 is 2.67 bits per heavy atom. The van der Waals surface area contributed by atoms with Crippen LogP contribution in [0.5, 0.6) is 0 Å². The molecule has 0 spiro atoms. The maximum absolute atomic E-state index is 9.80. The second-order valence-electron chi connectivity index (χ2n) is 2.12. The zero-order valence-electron chi connectivity index (χ0n) is 7.11. The number of nitrogens with zero attached hydrogens (tertiary/aromatic N) is 2. The Balaban J connectivity index is 4.25. The number of aliphatic imine (C=N–C) groups is 1. The van der Waals surface area contributed by atoms with Gasteiger partial charge in [-0.3, -0.25) is 4.79 Å². The average Bonchev–Trinajstić information content (AvgIpc) is 2.03. The van der Waals surface area contributed by atoms with Crippen LogP contribution >= 0.6 is 0 Å². The van der Waals surface area contributed by atoms with Gasteiger partial charge in [-0.25, -0.2) is 10.8 Å². The lowest BCUT2D eigenvalue weighted by atomic mass is 10.5. The molecule has 0 radical (unpaired) electrons. The minimum absolute atomic E-state index is 0.259. The zero-order valence-corrected chi connectivity index (χ0v) is 7.11. The van der Waals surface area contributed by atoms with Crippen LogP contribution in [-0.4, -0.2) is 24.8 Å². The summed E-state index contributed by atoms with van der Waals surface area (Å²) < 4.78 is 0. The van der Waals surface area contributed by atoms with E-state index >= 15 is 0 Å². The summed E-state index contributed by atoms with van der Waals surface area (Å²) >= 11 is 0. The molecule has 0 saturated heterocycles. The number of nitrogens with two attached hydrogens (primary N) is 2. The molecule has 0 saturated carbocycles. The van der Waals surface area contributed by atoms with Crippen molar-refractivity contribution >= 4 is 12.7 Å². The summed E-state index contributed by atoms with van der Waals surface area (Å²) in [6.45, 7) is 1.72. The summed E-state index contributed by atoms with van der Waals surface area (Å²) in [4.78, 5) is 13.5. The third-order valence-corrected chi connectivity index (χ3v) is 1.25. The Morgan fingerprint density at radius 2 is 2.25 bits per heavy atom. The fraction of sp³-hybridized carbons (Fsp3) is 0.333. The maximum atomic E-state index is 9.80. The van der Waals surface area contributed by atoms with Crippen LogP contribution in [-0.2, 0) is 4.79 Å². The fourth-order valence-corrected chi connectivity index (χ4v) is 0.411. The Morgan fingerprint density at radius 1 is 1.67 bits per heavy atom. The molecule has 1 amide bonds. The molecule has 0 aromatic rings. The van der Waals surface area contributed by atoms with Gasteiger partial charge in [0.1, 0.15) is 5.82 Å². The highest BCUT2D eigenvalue weighted by Crippen LogP contribution is 1.98. The van der Waals surface area contributed by atoms with E-state index in [-0.39, 0.29) is 5.82 Å². The van der Waals surface area contributed by atoms with Crippen molar-refractivity contribution < 1.29 is 4.79 Å². The first-order valence-corrected chi connectivity index (χ1v) is 3.26. The van der Waals surface area contributed by atoms with E-state index in [4.69, 9.17) is 11.6 Å². The highest BCUT2D eigenvalue weighted by atomic mass is 16.1. The van der Waals surface area contributed by atoms with Gasteiger partial charge in [0.15, 0.2) is 0 Å². The molecule has 0 unspecified atom stereocenters. The summed E-state index contributed by atoms with van der Waals surface area (Å²) in [6.07, 6.45) is 1.69. The number of amides is 1. The first kappa shape index (κ1) is 10.4. The van der Waals surface area contributed by atoms with Gasteiger partial charge in [0.2, 0.25) is 6.41 Å². The molecule has 6 nitrogen and oxygen atoms in total. The highest BCUT2D eigenvalue weighted by Gasteiger charge is 1.96. The van der Waals surface area contributed by atoms with Gasteiger partial charge >= 0.3 is 0 Å². The molecule has 0 aromatic carbocycles. The first-order valence-electron chi connectivity index (χ1n) is 3.26. The predicted octanol–water partition coefficient (Wildman–Crippen LogP) is -1.29. The Hall–Kier alpha value is -1.56. The van der Waals surface area contributed by atoms with Gasteiger partial charge in [-0.15, -0.1) is 0 Å². The van der Waals surface area contributed by atoms with E-state index in [0.29, 0.717) is 12.1 Å². The molecule has 12 heavy (non-hydrogen) atoms. The molecular weight excluding hydrogens is 158 g/mol. The average molecular weight is 171 g/mol. The van der Waals surface area contributed by atoms with Gasteiger partial charge in [-0.05, 0) is 6.92 Å². The largest absolute Gasteiger partial charge is 0.382 e. The number of hydrazine groups is 1. The number of hydrogen-bond acceptors (Lipinski definition) is 5. The van der Waals surface area contributed by atoms with E-state index < -0.39 is 0 Å². The van der Waals surface area contributed by atoms with E-state index in [1.807, 2.05) is 0 Å². The van der Waals surface area contributed by atoms with Crippen molar-refractivity contribution in [2.45, 2.75) is 6.92 Å². The van der Waals surface area contributed by atoms with Crippen LogP contribution in [0.3, 0.4) is 0 Å². The quantitative estimate of drug-likeness (QED) is 0.161. The van der Waals surface area contributed by atoms with Crippen LogP contribution < -0.4 is 16.9 Å². The van der Waals surface area contributed by atoms with Crippen LogP contribution in [0.15, 0.2) is 16.5 Å². The lowest BCUT2D eigenvalue weighted by Crippen LogP contribution is -2.26. The lowest BCUT2D eigenvalue weighted by molar-refractivity contribution is -0.108. The SMILES string of the molecule is C/C(=C(N)\N=C/NC=O)N(C)N. The van der Waals surface area contributed by atoms with E-state index in [1.54, 1.807) is 14.0 Å². The summed E-state index contributed by atoms with van der Waals surface area (Å²) in [7, 11) is 1.64. The smallest absolute Gasteiger partial charge is 0.212 e. The number of allylic oxidation sites excluding steroid dienone is 1. The van der Waals surface area contributed by atoms with Crippen LogP contribution in [0.1, 0.15) is 6.92 Å². The lowest BCUT2D eigenvalue weighted by Gasteiger charge is -2.12. The van der Waals surface area contributed by atoms with Crippen molar-refractivity contribution in [2.24, 2.45) is 16.6 Å². The van der Waals surface area contributed by atoms with Crippen molar-refractivity contribution in [3.63, 3.8) is 0 Å². The van der Waals surface area contributed by atoms with Crippen LogP contribution in [0.4, 0.5) is 0 Å². The number of rotatable bonds is 4. The van der Waals surface area contributed by atoms with Gasteiger partial charge in [-0.1, -0.05) is 0 Å². The van der Waals surface area contributed by atoms with Gasteiger partial charge in [-0.2, -0.15) is 0 Å². The van der Waals surface area contributed by atoms with Gasteiger partial charge in [0.05, 0.1) is 12.0 Å². The molecule has 0 atom stereocenters. The summed E-state index contributed by atoms with van der Waals surface area (Å²) in [5.41, 5.74) is 6.09. The monoisotopic (exact) mass is 171 g/mol. The summed E-state index contributed by atoms with van der Waals surface area (Å²) in [5, 5.41) is 3.57. The molecule has 0 heterocycles. The fourth-order valence-electron chi connectivity index (χ4n) is 0.411. The van der Waals surface area contributed by atoms with E-state index in [1.165, 1.54) is 11.3 Å². The van der Waals surface area contributed by atoms with Crippen LogP contribution in [0.2, 0.25) is 0 Å². The molecule has 0 rings (SSSR count). The summed E-state index contributed by atoms with van der Waals surface area (Å²) in [6, 6.07) is 0. The van der Waals surface area contributed by atoms with E-state index in [2.05, 4.69) is 10.3 Å². The highest BCUT2D eigenvalue weighted by molar-refractivity contribution is 5.72. The minimum Gasteiger partial charge on any atom is -0.382 e. The predicted molar refractivity (Wildman–Crippen MR) is 46.5 cm³/mol. The van der Waals surface area contributed by atoms with Crippen molar-refractivity contribution in [1.29, 1.82) is 0 Å². The third kappa shape index (κ3) is 3.57. The van der Waals surface area contributed by atoms with Crippen molar-refractivity contribution in [2.75, 3.05) is 7.05 Å². The molecule has 0 aliphatic heterocycles. The number of carbonyl (C=O) groups is 1. The Bertz CT molecular complexity index is 208. The molecule has 0 aliphatic carbocycles. The second kappa shape index (κ2) is 5.14. The van der Waals surface area contributed by atoms with Gasteiger partial charge in [0.25, 0.3) is 0 Å². The van der Waals surface area contributed by atoms with Crippen molar-refractivity contribution in [3.8, 4) is 0 Å². The number of nitrogens with one attached hydrogen (secondary N) is 1. The molecule has 5 N–H and O–H groups in total. The molecule has 0 bridgehead atoms. The molecule has 6 heteroatoms. The third-order valence-electron chi connectivity index (χ3n) is 1.25. The van der Waals surface area contributed by atoms with Gasteiger partial charge < -0.3 is 16.1 Å². The van der Waals surface area contributed by atoms with Crippen LogP contribution in [0.25, 0.3) is 0 Å². The number of carbonyl (C=O) groups excluding carboxylic acids is 1. The normalized spacial score (nSPS) is 12.6. The molecule has 0 fully saturated rings. The standard InChI is InChI=1S/C6H13N5O/c1-5(11(2)8)6(7)10-3-9-4-12/h3-4H,7-8H2,1-2H3,(H,9,10,12)/b6-5+. The zero-order chi connectivity index (χ0) is 9.56. The Kier molecular flexibility index (Phi) is 4.47. The molecule has 0 aliphatic rings. The number of hydrogen-bond donors (Lipinski definition) is 3. The molecule has 68 valence electrons. The van der Waals surface area contributed by atoms with E-state index in [0.717, 1.165) is 0 Å². The first-order chi connectivity index (χ1) is 5.59. The van der Waals surface area contributed by atoms with Crippen molar-refractivity contribution in [3.05, 3.63) is 11.5 Å². The Labute approximate surface area is 70.9 Å². The second-order valence-corrected chi connectivity index (χ2v) is 2.12. The van der Waals surface area contributed by atoms with E-state index in [9.17, 15) is 4.79 Å². The summed E-state index contributed by atoms with van der Waals surface area (Å²) in [5.74, 6) is 5.63. The topological polar surface area (TPSA) is 96.7 Å². The molecular formula is C6H13N5O. The van der Waals surface area contributed by atoms with Crippen molar-refractivity contribution in [1.82, 2.24) is 10.3 Å².